The first-order valence-corrected chi connectivity index (χ1v) is 6.69. The number of aliphatic hydroxyl groups is 4. The minimum absolute atomic E-state index is 0.159. The summed E-state index contributed by atoms with van der Waals surface area (Å²) in [6.07, 6.45) is -7.45. The molecule has 1 aliphatic heterocycles. The molecule has 0 unspecified atom stereocenters. The first-order valence-electron chi connectivity index (χ1n) is 6.69. The maximum absolute atomic E-state index is 12.2. The number of methoxy groups -OCH3 is 2. The molecule has 7 nitrogen and oxygen atoms in total. The molecule has 0 radical (unpaired) electrons. The van der Waals surface area contributed by atoms with E-state index in [1.54, 1.807) is 0 Å². The molecule has 22 heavy (non-hydrogen) atoms. The quantitative estimate of drug-likeness (QED) is 0.464. The lowest BCUT2D eigenvalue weighted by Gasteiger charge is -2.53. The summed E-state index contributed by atoms with van der Waals surface area (Å²) in [6.45, 7) is -1.24. The maximum atomic E-state index is 12.2. The molecule has 1 aliphatic rings. The van der Waals surface area contributed by atoms with Gasteiger partial charge in [-0.15, -0.1) is 0 Å². The summed E-state index contributed by atoms with van der Waals surface area (Å²) in [7, 11) is 2.09. The van der Waals surface area contributed by atoms with Gasteiger partial charge in [-0.3, -0.25) is 4.90 Å². The van der Waals surface area contributed by atoms with Crippen LogP contribution in [0.15, 0.2) is 0 Å². The predicted octanol–water partition coefficient (Wildman–Crippen LogP) is -0.964. The van der Waals surface area contributed by atoms with E-state index < -0.39 is 49.5 Å². The van der Waals surface area contributed by atoms with E-state index in [4.69, 9.17) is 9.47 Å². The number of nitrogens with zero attached hydrogens (tertiary/aromatic N) is 1. The summed E-state index contributed by atoms with van der Waals surface area (Å²) in [5.41, 5.74) is 0. The van der Waals surface area contributed by atoms with Gasteiger partial charge in [0.25, 0.3) is 5.79 Å². The molecule has 0 aromatic carbocycles. The van der Waals surface area contributed by atoms with Gasteiger partial charge in [-0.1, -0.05) is 0 Å². The van der Waals surface area contributed by atoms with E-state index in [0.717, 1.165) is 14.2 Å². The van der Waals surface area contributed by atoms with Crippen molar-refractivity contribution in [2.75, 3.05) is 33.9 Å². The lowest BCUT2D eigenvalue weighted by atomic mass is 9.87. The van der Waals surface area contributed by atoms with Crippen molar-refractivity contribution in [2.45, 2.75) is 42.7 Å². The van der Waals surface area contributed by atoms with Gasteiger partial charge >= 0.3 is 6.18 Å². The Kier molecular flexibility index (Phi) is 6.18. The molecule has 1 fully saturated rings. The van der Waals surface area contributed by atoms with E-state index in [1.807, 2.05) is 0 Å². The van der Waals surface area contributed by atoms with Crippen molar-refractivity contribution in [3.63, 3.8) is 0 Å². The summed E-state index contributed by atoms with van der Waals surface area (Å²) in [6, 6.07) is -1.10. The number of rotatable bonds is 6. The highest BCUT2D eigenvalue weighted by Gasteiger charge is 2.63. The molecule has 4 atom stereocenters. The van der Waals surface area contributed by atoms with Gasteiger partial charge in [0, 0.05) is 20.6 Å². The van der Waals surface area contributed by atoms with Gasteiger partial charge in [0.1, 0.15) is 6.10 Å². The third-order valence-corrected chi connectivity index (χ3v) is 3.95. The van der Waals surface area contributed by atoms with Crippen LogP contribution < -0.4 is 0 Å². The standard InChI is InChI=1S/C12H22F3NO6/c1-21-10(19)7-16(5-3-4-11(13,14)15)8(6-17)9(18)12(10,20)22-2/h8-9,17-20H,3-7H2,1-2H3/t8-,9-,10-,12-/m1/s1. The molecule has 0 aromatic heterocycles. The van der Waals surface area contributed by atoms with Crippen molar-refractivity contribution in [3.05, 3.63) is 0 Å². The Bertz CT molecular complexity index is 371. The molecule has 0 bridgehead atoms. The van der Waals surface area contributed by atoms with Crippen LogP contribution in [0.3, 0.4) is 0 Å². The zero-order valence-electron chi connectivity index (χ0n) is 12.4. The summed E-state index contributed by atoms with van der Waals surface area (Å²) in [5.74, 6) is -4.87. The van der Waals surface area contributed by atoms with E-state index in [2.05, 4.69) is 0 Å². The van der Waals surface area contributed by atoms with Crippen molar-refractivity contribution >= 4 is 0 Å². The van der Waals surface area contributed by atoms with E-state index in [1.165, 1.54) is 4.90 Å². The Morgan fingerprint density at radius 3 is 2.23 bits per heavy atom. The molecule has 1 heterocycles. The molecule has 4 N–H and O–H groups in total. The van der Waals surface area contributed by atoms with Gasteiger partial charge in [-0.25, -0.2) is 0 Å². The number of ether oxygens (including phenoxy) is 2. The first-order chi connectivity index (χ1) is 10.0. The van der Waals surface area contributed by atoms with Crippen molar-refractivity contribution in [1.82, 2.24) is 4.90 Å². The van der Waals surface area contributed by atoms with Crippen molar-refractivity contribution in [1.29, 1.82) is 0 Å². The molecule has 0 spiro atoms. The summed E-state index contributed by atoms with van der Waals surface area (Å²) in [5, 5.41) is 40.1. The Labute approximate surface area is 125 Å². The van der Waals surface area contributed by atoms with E-state index in [-0.39, 0.29) is 13.0 Å². The lowest BCUT2D eigenvalue weighted by molar-refractivity contribution is -0.424. The molecule has 1 rings (SSSR count). The fourth-order valence-corrected chi connectivity index (χ4v) is 2.63. The fourth-order valence-electron chi connectivity index (χ4n) is 2.63. The SMILES string of the molecule is CO[C@]1(O)CN(CCCC(F)(F)F)[C@H](CO)[C@@H](O)[C@@]1(O)OC. The zero-order chi connectivity index (χ0) is 17.2. The Hall–Kier alpha value is -0.490. The van der Waals surface area contributed by atoms with Crippen LogP contribution in [-0.4, -0.2) is 89.1 Å². The van der Waals surface area contributed by atoms with Gasteiger partial charge in [-0.05, 0) is 13.0 Å². The molecule has 10 heteroatoms. The van der Waals surface area contributed by atoms with E-state index >= 15 is 0 Å². The van der Waals surface area contributed by atoms with E-state index in [0.29, 0.717) is 0 Å². The number of hydrogen-bond donors (Lipinski definition) is 4. The van der Waals surface area contributed by atoms with Crippen LogP contribution in [0.2, 0.25) is 0 Å². The Balaban J connectivity index is 2.90. The molecule has 0 saturated carbocycles. The molecule has 0 aliphatic carbocycles. The second kappa shape index (κ2) is 6.95. The maximum Gasteiger partial charge on any atom is 0.389 e. The third kappa shape index (κ3) is 3.70. The second-order valence-corrected chi connectivity index (χ2v) is 5.27. The minimum Gasteiger partial charge on any atom is -0.395 e. The van der Waals surface area contributed by atoms with Gasteiger partial charge in [0.05, 0.1) is 19.2 Å². The Morgan fingerprint density at radius 2 is 1.82 bits per heavy atom. The highest BCUT2D eigenvalue weighted by Crippen LogP contribution is 2.37. The number of halogens is 3. The fraction of sp³-hybridized carbons (Fsp3) is 1.00. The van der Waals surface area contributed by atoms with Crippen LogP contribution in [0, 0.1) is 0 Å². The third-order valence-electron chi connectivity index (χ3n) is 3.95. The number of β-amino-alcohol motifs (C(OH)–C–C–N with tert-alkyl or cyclic N) is 1. The molecule has 0 amide bonds. The van der Waals surface area contributed by atoms with Gasteiger partial charge in [0.15, 0.2) is 0 Å². The minimum atomic E-state index is -4.33. The highest BCUT2D eigenvalue weighted by molar-refractivity contribution is 5.04. The highest BCUT2D eigenvalue weighted by atomic mass is 19.4. The number of likely N-dealkylation sites (tertiary alicyclic amines) is 1. The summed E-state index contributed by atoms with van der Waals surface area (Å²) >= 11 is 0. The van der Waals surface area contributed by atoms with E-state index in [9.17, 15) is 33.6 Å². The lowest BCUT2D eigenvalue weighted by Crippen LogP contribution is -2.77. The van der Waals surface area contributed by atoms with Crippen molar-refractivity contribution in [3.8, 4) is 0 Å². The number of aliphatic hydroxyl groups excluding tert-OH is 2. The van der Waals surface area contributed by atoms with Crippen molar-refractivity contribution < 1.29 is 43.1 Å². The average molecular weight is 333 g/mol. The van der Waals surface area contributed by atoms with Crippen LogP contribution in [0.4, 0.5) is 13.2 Å². The van der Waals surface area contributed by atoms with Crippen molar-refractivity contribution in [2.24, 2.45) is 0 Å². The van der Waals surface area contributed by atoms with Gasteiger partial charge in [0.2, 0.25) is 5.79 Å². The largest absolute Gasteiger partial charge is 0.395 e. The first kappa shape index (κ1) is 19.6. The number of alkyl halides is 3. The van der Waals surface area contributed by atoms with Crippen LogP contribution in [0.5, 0.6) is 0 Å². The molecule has 0 aromatic rings. The number of piperidine rings is 1. The number of hydrogen-bond acceptors (Lipinski definition) is 7. The molecule has 1 saturated heterocycles. The average Bonchev–Trinajstić information content (AvgIpc) is 2.43. The topological polar surface area (TPSA) is 103 Å². The molecular weight excluding hydrogens is 311 g/mol. The smallest absolute Gasteiger partial charge is 0.389 e. The Morgan fingerprint density at radius 1 is 1.23 bits per heavy atom. The predicted molar refractivity (Wildman–Crippen MR) is 67.7 cm³/mol. The van der Waals surface area contributed by atoms with Crippen LogP contribution >= 0.6 is 0 Å². The monoisotopic (exact) mass is 333 g/mol. The second-order valence-electron chi connectivity index (χ2n) is 5.27. The van der Waals surface area contributed by atoms with Crippen LogP contribution in [-0.2, 0) is 9.47 Å². The zero-order valence-corrected chi connectivity index (χ0v) is 12.4. The van der Waals surface area contributed by atoms with Crippen LogP contribution in [0.25, 0.3) is 0 Å². The van der Waals surface area contributed by atoms with Crippen LogP contribution in [0.1, 0.15) is 12.8 Å². The summed E-state index contributed by atoms with van der Waals surface area (Å²) in [4.78, 5) is 1.23. The van der Waals surface area contributed by atoms with Gasteiger partial charge < -0.3 is 29.9 Å². The van der Waals surface area contributed by atoms with Gasteiger partial charge in [-0.2, -0.15) is 13.2 Å². The summed E-state index contributed by atoms with van der Waals surface area (Å²) < 4.78 is 46.2. The molecule has 132 valence electrons. The molecular formula is C12H22F3NO6. The normalized spacial score (nSPS) is 37.5.